The molecular weight excluding hydrogens is 540 g/mol. The van der Waals surface area contributed by atoms with Crippen molar-refractivity contribution in [1.29, 1.82) is 0 Å². The van der Waals surface area contributed by atoms with Gasteiger partial charge in [0.1, 0.15) is 5.75 Å². The number of anilines is 2. The lowest BCUT2D eigenvalue weighted by molar-refractivity contribution is -0.146. The number of piperidine rings is 1. The maximum atomic E-state index is 14.7. The average molecular weight is 583 g/mol. The van der Waals surface area contributed by atoms with Gasteiger partial charge in [-0.3, -0.25) is 9.59 Å². The molecule has 0 saturated carbocycles. The number of carbonyl (C=O) groups excluding carboxylic acids is 2. The van der Waals surface area contributed by atoms with Gasteiger partial charge in [-0.1, -0.05) is 63.2 Å². The highest BCUT2D eigenvalue weighted by atomic mass is 16.5. The predicted octanol–water partition coefficient (Wildman–Crippen LogP) is 5.97. The minimum atomic E-state index is -1.15. The third-order valence-electron chi connectivity index (χ3n) is 10.1. The van der Waals surface area contributed by atoms with Gasteiger partial charge in [-0.25, -0.2) is 0 Å². The summed E-state index contributed by atoms with van der Waals surface area (Å²) in [6, 6.07) is 24.1. The zero-order valence-electron chi connectivity index (χ0n) is 25.6. The van der Waals surface area contributed by atoms with E-state index in [0.29, 0.717) is 19.4 Å². The van der Waals surface area contributed by atoms with Crippen LogP contribution in [0.3, 0.4) is 0 Å². The Morgan fingerprint density at radius 2 is 1.72 bits per heavy atom. The van der Waals surface area contributed by atoms with Gasteiger partial charge in [0, 0.05) is 42.7 Å². The fourth-order valence-electron chi connectivity index (χ4n) is 7.86. The molecule has 1 N–H and O–H groups in total. The van der Waals surface area contributed by atoms with E-state index in [1.807, 2.05) is 70.5 Å². The van der Waals surface area contributed by atoms with Crippen LogP contribution in [0.4, 0.5) is 11.4 Å². The molecule has 226 valence electrons. The molecule has 4 atom stereocenters. The molecule has 0 aromatic heterocycles. The Hall–Kier alpha value is -3.68. The Morgan fingerprint density at radius 1 is 1.00 bits per heavy atom. The number of fused-ring (bicyclic) bond motifs is 2. The van der Waals surface area contributed by atoms with Crippen LogP contribution in [0, 0.1) is 11.8 Å². The Morgan fingerprint density at radius 3 is 2.40 bits per heavy atom. The van der Waals surface area contributed by atoms with E-state index in [1.54, 1.807) is 7.11 Å². The number of rotatable bonds is 8. The highest BCUT2D eigenvalue weighted by molar-refractivity contribution is 6.07. The molecule has 2 amide bonds. The van der Waals surface area contributed by atoms with Gasteiger partial charge in [-0.15, -0.1) is 0 Å². The fraction of sp³-hybridized carbons (Fsp3) is 0.444. The Kier molecular flexibility index (Phi) is 7.82. The van der Waals surface area contributed by atoms with E-state index in [-0.39, 0.29) is 41.8 Å². The molecule has 2 saturated heterocycles. The second-order valence-corrected chi connectivity index (χ2v) is 12.7. The maximum Gasteiger partial charge on any atom is 0.264 e. The average Bonchev–Trinajstić information content (AvgIpc) is 3.45. The topological polar surface area (TPSA) is 79.3 Å². The number of hydrogen-bond donors (Lipinski definition) is 1. The minimum Gasteiger partial charge on any atom is -0.497 e. The Balaban J connectivity index is 1.33. The second kappa shape index (κ2) is 11.4. The quantitative estimate of drug-likeness (QED) is 0.354. The van der Waals surface area contributed by atoms with E-state index in [1.165, 1.54) is 0 Å². The zero-order chi connectivity index (χ0) is 30.4. The molecule has 2 fully saturated rings. The van der Waals surface area contributed by atoms with Crippen molar-refractivity contribution in [2.24, 2.45) is 11.8 Å². The third kappa shape index (κ3) is 4.83. The van der Waals surface area contributed by atoms with Gasteiger partial charge >= 0.3 is 0 Å². The number of benzene rings is 3. The van der Waals surface area contributed by atoms with Crippen LogP contribution in [0.15, 0.2) is 72.8 Å². The van der Waals surface area contributed by atoms with Gasteiger partial charge < -0.3 is 24.4 Å². The van der Waals surface area contributed by atoms with Crippen LogP contribution < -0.4 is 14.5 Å². The van der Waals surface area contributed by atoms with Crippen LogP contribution in [0.5, 0.6) is 5.75 Å². The lowest BCUT2D eigenvalue weighted by atomic mass is 9.63. The summed E-state index contributed by atoms with van der Waals surface area (Å²) >= 11 is 0. The molecule has 3 aromatic carbocycles. The summed E-state index contributed by atoms with van der Waals surface area (Å²) in [6.45, 7) is 7.68. The van der Waals surface area contributed by atoms with Gasteiger partial charge in [0.2, 0.25) is 5.91 Å². The smallest absolute Gasteiger partial charge is 0.264 e. The molecule has 7 heteroatoms. The van der Waals surface area contributed by atoms with Crippen molar-refractivity contribution >= 4 is 23.2 Å². The van der Waals surface area contributed by atoms with Gasteiger partial charge in [-0.2, -0.15) is 0 Å². The van der Waals surface area contributed by atoms with Crippen molar-refractivity contribution in [3.05, 3.63) is 89.5 Å². The first-order valence-corrected chi connectivity index (χ1v) is 15.5. The second-order valence-electron chi connectivity index (χ2n) is 12.7. The molecule has 7 nitrogen and oxygen atoms in total. The van der Waals surface area contributed by atoms with Crippen molar-refractivity contribution in [2.45, 2.75) is 70.1 Å². The van der Waals surface area contributed by atoms with E-state index in [9.17, 15) is 14.7 Å². The maximum absolute atomic E-state index is 14.7. The van der Waals surface area contributed by atoms with Gasteiger partial charge in [0.15, 0.2) is 5.60 Å². The molecule has 0 bridgehead atoms. The van der Waals surface area contributed by atoms with Crippen molar-refractivity contribution in [3.8, 4) is 5.75 Å². The predicted molar refractivity (Wildman–Crippen MR) is 167 cm³/mol. The zero-order valence-corrected chi connectivity index (χ0v) is 25.6. The lowest BCUT2D eigenvalue weighted by Gasteiger charge is -2.38. The molecule has 0 unspecified atom stereocenters. The van der Waals surface area contributed by atoms with Crippen LogP contribution in [-0.4, -0.2) is 43.3 Å². The SMILES string of the molecule is COc1ccc(C(C)(C)[C@@H]2[C@@H](CCO)O[C@]3(C(=O)N(Cc4ccc(N5CCCCC5=O)cc4)c4ccccc43)[C@H]2C)cc1. The summed E-state index contributed by atoms with van der Waals surface area (Å²) in [6.07, 6.45) is 2.69. The summed E-state index contributed by atoms with van der Waals surface area (Å²) in [5.74, 6) is 0.706. The van der Waals surface area contributed by atoms with Gasteiger partial charge in [0.25, 0.3) is 5.91 Å². The van der Waals surface area contributed by atoms with Gasteiger partial charge in [-0.05, 0) is 66.1 Å². The van der Waals surface area contributed by atoms with Crippen LogP contribution in [-0.2, 0) is 31.9 Å². The number of ether oxygens (including phenoxy) is 2. The molecule has 43 heavy (non-hydrogen) atoms. The summed E-state index contributed by atoms with van der Waals surface area (Å²) in [4.78, 5) is 30.8. The lowest BCUT2D eigenvalue weighted by Crippen LogP contribution is -2.45. The van der Waals surface area contributed by atoms with Gasteiger partial charge in [0.05, 0.1) is 25.4 Å². The fourth-order valence-corrected chi connectivity index (χ4v) is 7.86. The van der Waals surface area contributed by atoms with Crippen molar-refractivity contribution in [3.63, 3.8) is 0 Å². The normalized spacial score (nSPS) is 25.5. The summed E-state index contributed by atoms with van der Waals surface area (Å²) in [7, 11) is 1.66. The number of para-hydroxylation sites is 1. The largest absolute Gasteiger partial charge is 0.497 e. The first kappa shape index (κ1) is 29.4. The molecule has 3 heterocycles. The summed E-state index contributed by atoms with van der Waals surface area (Å²) in [5, 5.41) is 10.1. The van der Waals surface area contributed by atoms with Crippen molar-refractivity contribution in [2.75, 3.05) is 30.1 Å². The summed E-state index contributed by atoms with van der Waals surface area (Å²) < 4.78 is 12.3. The molecule has 3 aromatic rings. The highest BCUT2D eigenvalue weighted by Crippen LogP contribution is 2.59. The molecule has 0 aliphatic carbocycles. The van der Waals surface area contributed by atoms with Crippen molar-refractivity contribution in [1.82, 2.24) is 0 Å². The molecule has 3 aliphatic rings. The molecule has 3 aliphatic heterocycles. The molecule has 1 spiro atoms. The molecule has 6 rings (SSSR count). The van der Waals surface area contributed by atoms with Crippen LogP contribution in [0.1, 0.15) is 63.1 Å². The molecule has 0 radical (unpaired) electrons. The van der Waals surface area contributed by atoms with E-state index >= 15 is 0 Å². The number of methoxy groups -OCH3 is 1. The summed E-state index contributed by atoms with van der Waals surface area (Å²) in [5.41, 5.74) is 3.28. The van der Waals surface area contributed by atoms with E-state index in [4.69, 9.17) is 9.47 Å². The minimum absolute atomic E-state index is 0.0198. The number of carbonyl (C=O) groups is 2. The first-order valence-electron chi connectivity index (χ1n) is 15.5. The number of hydrogen-bond acceptors (Lipinski definition) is 5. The van der Waals surface area contributed by atoms with E-state index in [2.05, 4.69) is 32.9 Å². The Labute approximate surface area is 254 Å². The monoisotopic (exact) mass is 582 g/mol. The molecular formula is C36H42N2O5. The number of aliphatic hydroxyl groups is 1. The Bertz CT molecular complexity index is 1480. The van der Waals surface area contributed by atoms with Crippen LogP contribution >= 0.6 is 0 Å². The standard InChI is InChI=1S/C36H42N2O5/c1-24-33(35(2,3)26-14-18-28(42-4)19-15-26)31(20-22-39)43-36(24)29-9-5-6-10-30(29)38(34(36)41)23-25-12-16-27(17-13-25)37-21-8-7-11-32(37)40/h5-6,9-10,12-19,24,31,33,39H,7-8,11,20-23H2,1-4H3/t24-,31+,33-,36+/m0/s1. The van der Waals surface area contributed by atoms with Crippen LogP contribution in [0.25, 0.3) is 0 Å². The van der Waals surface area contributed by atoms with Crippen LogP contribution in [0.2, 0.25) is 0 Å². The van der Waals surface area contributed by atoms with E-state index < -0.39 is 5.60 Å². The van der Waals surface area contributed by atoms with Crippen molar-refractivity contribution < 1.29 is 24.2 Å². The number of amides is 2. The number of aliphatic hydroxyl groups excluding tert-OH is 1. The van der Waals surface area contributed by atoms with E-state index in [0.717, 1.165) is 53.2 Å². The number of nitrogens with zero attached hydrogens (tertiary/aromatic N) is 2. The highest BCUT2D eigenvalue weighted by Gasteiger charge is 2.65. The third-order valence-corrected chi connectivity index (χ3v) is 10.1. The first-order chi connectivity index (χ1) is 20.7.